The molecule has 7 heteroatoms. The predicted octanol–water partition coefficient (Wildman–Crippen LogP) is 4.85. The first-order chi connectivity index (χ1) is 14.3. The van der Waals surface area contributed by atoms with Gasteiger partial charge in [0, 0.05) is 11.1 Å². The standard InChI is InChI=1S/C23H18F3NO3/c24-23(25,26)20-9-5-4-8-19(20)15-30-21(28)14-27-22(29)18-12-10-17(11-13-18)16-6-2-1-3-7-16/h1-13H,14-15H2,(H,27,29). The molecular formula is C23H18F3NO3. The molecule has 0 saturated heterocycles. The van der Waals surface area contributed by atoms with Gasteiger partial charge in [-0.15, -0.1) is 0 Å². The highest BCUT2D eigenvalue weighted by Crippen LogP contribution is 2.32. The lowest BCUT2D eigenvalue weighted by Gasteiger charge is -2.13. The van der Waals surface area contributed by atoms with Crippen molar-refractivity contribution in [2.24, 2.45) is 0 Å². The van der Waals surface area contributed by atoms with E-state index in [1.165, 1.54) is 18.2 Å². The fourth-order valence-electron chi connectivity index (χ4n) is 2.83. The fraction of sp³-hybridized carbons (Fsp3) is 0.130. The number of hydrogen-bond donors (Lipinski definition) is 1. The highest BCUT2D eigenvalue weighted by molar-refractivity contribution is 5.96. The van der Waals surface area contributed by atoms with Crippen LogP contribution in [-0.4, -0.2) is 18.4 Å². The Hall–Kier alpha value is -3.61. The summed E-state index contributed by atoms with van der Waals surface area (Å²) in [6, 6.07) is 21.3. The first kappa shape index (κ1) is 21.1. The minimum Gasteiger partial charge on any atom is -0.459 e. The van der Waals surface area contributed by atoms with Gasteiger partial charge >= 0.3 is 12.1 Å². The van der Waals surface area contributed by atoms with Gasteiger partial charge in [-0.1, -0.05) is 60.7 Å². The van der Waals surface area contributed by atoms with Gasteiger partial charge in [0.25, 0.3) is 5.91 Å². The van der Waals surface area contributed by atoms with Crippen LogP contribution in [0.5, 0.6) is 0 Å². The molecule has 1 amide bonds. The van der Waals surface area contributed by atoms with Crippen molar-refractivity contribution in [2.45, 2.75) is 12.8 Å². The molecule has 0 aliphatic heterocycles. The van der Waals surface area contributed by atoms with Gasteiger partial charge in [-0.2, -0.15) is 13.2 Å². The van der Waals surface area contributed by atoms with E-state index in [4.69, 9.17) is 4.74 Å². The molecule has 0 unspecified atom stereocenters. The summed E-state index contributed by atoms with van der Waals surface area (Å²) in [6.45, 7) is -0.983. The normalized spacial score (nSPS) is 11.0. The summed E-state index contributed by atoms with van der Waals surface area (Å²) < 4.78 is 43.7. The Labute approximate surface area is 171 Å². The van der Waals surface area contributed by atoms with E-state index >= 15 is 0 Å². The summed E-state index contributed by atoms with van der Waals surface area (Å²) in [6.07, 6.45) is -4.54. The van der Waals surface area contributed by atoms with E-state index in [2.05, 4.69) is 5.32 Å². The molecule has 0 aromatic heterocycles. The van der Waals surface area contributed by atoms with Gasteiger partial charge in [0.15, 0.2) is 0 Å². The van der Waals surface area contributed by atoms with E-state index in [0.29, 0.717) is 5.56 Å². The molecule has 3 aromatic rings. The van der Waals surface area contributed by atoms with Crippen LogP contribution in [0.2, 0.25) is 0 Å². The van der Waals surface area contributed by atoms with Crippen LogP contribution in [0.3, 0.4) is 0 Å². The Morgan fingerprint density at radius 1 is 0.800 bits per heavy atom. The minimum atomic E-state index is -4.54. The van der Waals surface area contributed by atoms with Gasteiger partial charge < -0.3 is 10.1 Å². The van der Waals surface area contributed by atoms with Crippen LogP contribution in [0.15, 0.2) is 78.9 Å². The Bertz CT molecular complexity index is 1020. The van der Waals surface area contributed by atoms with Crippen LogP contribution < -0.4 is 5.32 Å². The molecule has 1 N–H and O–H groups in total. The maximum atomic E-state index is 13.0. The topological polar surface area (TPSA) is 55.4 Å². The zero-order chi connectivity index (χ0) is 21.6. The number of ether oxygens (including phenoxy) is 1. The van der Waals surface area contributed by atoms with Crippen LogP contribution in [0, 0.1) is 0 Å². The third-order valence-corrected chi connectivity index (χ3v) is 4.36. The molecular weight excluding hydrogens is 395 g/mol. The molecule has 30 heavy (non-hydrogen) atoms. The van der Waals surface area contributed by atoms with Crippen molar-refractivity contribution >= 4 is 11.9 Å². The summed E-state index contributed by atoms with van der Waals surface area (Å²) >= 11 is 0. The molecule has 4 nitrogen and oxygen atoms in total. The maximum absolute atomic E-state index is 13.0. The van der Waals surface area contributed by atoms with E-state index in [-0.39, 0.29) is 5.56 Å². The molecule has 0 spiro atoms. The van der Waals surface area contributed by atoms with Crippen LogP contribution in [0.25, 0.3) is 11.1 Å². The number of rotatable bonds is 6. The quantitative estimate of drug-likeness (QED) is 0.588. The van der Waals surface area contributed by atoms with Crippen LogP contribution in [0.1, 0.15) is 21.5 Å². The molecule has 0 aliphatic rings. The zero-order valence-corrected chi connectivity index (χ0v) is 15.8. The largest absolute Gasteiger partial charge is 0.459 e. The molecule has 0 bridgehead atoms. The molecule has 3 rings (SSSR count). The average Bonchev–Trinajstić information content (AvgIpc) is 2.76. The third-order valence-electron chi connectivity index (χ3n) is 4.36. The van der Waals surface area contributed by atoms with Crippen molar-refractivity contribution in [1.82, 2.24) is 5.32 Å². The summed E-state index contributed by atoms with van der Waals surface area (Å²) in [4.78, 5) is 24.0. The Balaban J connectivity index is 1.52. The van der Waals surface area contributed by atoms with Gasteiger partial charge in [0.2, 0.25) is 0 Å². The number of benzene rings is 3. The molecule has 0 aliphatic carbocycles. The number of carbonyl (C=O) groups is 2. The average molecular weight is 413 g/mol. The first-order valence-corrected chi connectivity index (χ1v) is 9.09. The summed E-state index contributed by atoms with van der Waals surface area (Å²) in [5.74, 6) is -1.32. The smallest absolute Gasteiger partial charge is 0.416 e. The van der Waals surface area contributed by atoms with Gasteiger partial charge in [-0.05, 0) is 29.3 Å². The van der Waals surface area contributed by atoms with Crippen molar-refractivity contribution in [1.29, 1.82) is 0 Å². The van der Waals surface area contributed by atoms with E-state index in [1.54, 1.807) is 24.3 Å². The second kappa shape index (κ2) is 9.26. The van der Waals surface area contributed by atoms with Gasteiger partial charge in [0.05, 0.1) is 5.56 Å². The van der Waals surface area contributed by atoms with Crippen molar-refractivity contribution < 1.29 is 27.5 Å². The Morgan fingerprint density at radius 2 is 1.40 bits per heavy atom. The van der Waals surface area contributed by atoms with Gasteiger partial charge in [0.1, 0.15) is 13.2 Å². The van der Waals surface area contributed by atoms with E-state index in [0.717, 1.165) is 17.2 Å². The van der Waals surface area contributed by atoms with Crippen molar-refractivity contribution in [3.05, 3.63) is 95.6 Å². The minimum absolute atomic E-state index is 0.152. The third kappa shape index (κ3) is 5.47. The molecule has 0 saturated carbocycles. The van der Waals surface area contributed by atoms with Crippen molar-refractivity contribution in [2.75, 3.05) is 6.54 Å². The summed E-state index contributed by atoms with van der Waals surface area (Å²) in [7, 11) is 0. The monoisotopic (exact) mass is 413 g/mol. The van der Waals surface area contributed by atoms with E-state index in [1.807, 2.05) is 30.3 Å². The number of nitrogens with one attached hydrogen (secondary N) is 1. The first-order valence-electron chi connectivity index (χ1n) is 9.09. The van der Waals surface area contributed by atoms with Gasteiger partial charge in [-0.3, -0.25) is 9.59 Å². The number of amides is 1. The Kier molecular flexibility index (Phi) is 6.51. The zero-order valence-electron chi connectivity index (χ0n) is 15.8. The second-order valence-corrected chi connectivity index (χ2v) is 6.44. The van der Waals surface area contributed by atoms with Crippen LogP contribution >= 0.6 is 0 Å². The van der Waals surface area contributed by atoms with Crippen molar-refractivity contribution in [3.63, 3.8) is 0 Å². The maximum Gasteiger partial charge on any atom is 0.416 e. The number of halogens is 3. The lowest BCUT2D eigenvalue weighted by atomic mass is 10.0. The van der Waals surface area contributed by atoms with Gasteiger partial charge in [-0.25, -0.2) is 0 Å². The highest BCUT2D eigenvalue weighted by atomic mass is 19.4. The second-order valence-electron chi connectivity index (χ2n) is 6.44. The summed E-state index contributed by atoms with van der Waals surface area (Å²) in [5.41, 5.74) is 1.29. The van der Waals surface area contributed by atoms with E-state index < -0.39 is 36.8 Å². The predicted molar refractivity (Wildman–Crippen MR) is 105 cm³/mol. The van der Waals surface area contributed by atoms with Crippen LogP contribution in [0.4, 0.5) is 13.2 Å². The number of hydrogen-bond acceptors (Lipinski definition) is 3. The van der Waals surface area contributed by atoms with E-state index in [9.17, 15) is 22.8 Å². The lowest BCUT2D eigenvalue weighted by Crippen LogP contribution is -2.30. The number of carbonyl (C=O) groups excluding carboxylic acids is 2. The fourth-order valence-corrected chi connectivity index (χ4v) is 2.83. The number of esters is 1. The number of alkyl halides is 3. The molecule has 3 aromatic carbocycles. The Morgan fingerprint density at radius 3 is 2.07 bits per heavy atom. The van der Waals surface area contributed by atoms with Crippen LogP contribution in [-0.2, 0) is 22.3 Å². The summed E-state index contributed by atoms with van der Waals surface area (Å²) in [5, 5.41) is 2.40. The van der Waals surface area contributed by atoms with Crippen molar-refractivity contribution in [3.8, 4) is 11.1 Å². The molecule has 154 valence electrons. The lowest BCUT2D eigenvalue weighted by molar-refractivity contribution is -0.146. The molecule has 0 fully saturated rings. The molecule has 0 atom stereocenters. The molecule has 0 heterocycles. The SMILES string of the molecule is O=C(CNC(=O)c1ccc(-c2ccccc2)cc1)OCc1ccccc1C(F)(F)F. The molecule has 0 radical (unpaired) electrons. The highest BCUT2D eigenvalue weighted by Gasteiger charge is 2.33.